The van der Waals surface area contributed by atoms with Crippen molar-refractivity contribution in [3.05, 3.63) is 106 Å². The van der Waals surface area contributed by atoms with Crippen LogP contribution in [0.4, 0.5) is 0 Å². The maximum atomic E-state index is 10.9. The topological polar surface area (TPSA) is 114 Å². The molecule has 4 aromatic rings. The minimum Gasteiger partial charge on any atom is -0.508 e. The third-order valence-electron chi connectivity index (χ3n) is 6.84. The summed E-state index contributed by atoms with van der Waals surface area (Å²) in [5.74, 6) is 3.63. The molecule has 4 aromatic carbocycles. The summed E-state index contributed by atoms with van der Waals surface area (Å²) < 4.78 is 11.9. The standard InChI is InChI=1S/C19H23NO3.C17H21NO2.5C2H6/c1-13-11-16(5-4-10-20-15(3)21)12-14(2)19(13)23-18-8-6-17(22)7-9-18;1-12-10-14(4-3-9-18)11-13(2)17(12)20-16-7-5-15(19)6-8-16;5*1-2/h6-9,11-12,22H,4-5,10H2,1-3H3,(H,20,21);5-8,10-11,19H,3-4,9,18H2,1-2H3;5*1-2H3. The molecule has 298 valence electrons. The smallest absolute Gasteiger partial charge is 0.216 e. The molecule has 4 rings (SSSR count). The molecule has 0 aromatic heterocycles. The van der Waals surface area contributed by atoms with Crippen LogP contribution in [0.15, 0.2) is 72.8 Å². The van der Waals surface area contributed by atoms with Gasteiger partial charge >= 0.3 is 0 Å². The van der Waals surface area contributed by atoms with Gasteiger partial charge in [-0.2, -0.15) is 0 Å². The van der Waals surface area contributed by atoms with E-state index in [9.17, 15) is 15.0 Å². The van der Waals surface area contributed by atoms with Gasteiger partial charge in [0.1, 0.15) is 34.5 Å². The molecule has 7 heteroatoms. The summed E-state index contributed by atoms with van der Waals surface area (Å²) in [6, 6.07) is 22.0. The molecule has 1 amide bonds. The first-order valence-corrected chi connectivity index (χ1v) is 19.6. The molecule has 0 aliphatic carbocycles. The van der Waals surface area contributed by atoms with E-state index in [-0.39, 0.29) is 17.4 Å². The Morgan fingerprint density at radius 2 is 0.868 bits per heavy atom. The lowest BCUT2D eigenvalue weighted by Crippen LogP contribution is -2.21. The highest BCUT2D eigenvalue weighted by molar-refractivity contribution is 5.72. The van der Waals surface area contributed by atoms with Crippen molar-refractivity contribution in [2.75, 3.05) is 13.1 Å². The summed E-state index contributed by atoms with van der Waals surface area (Å²) in [6.45, 7) is 31.1. The van der Waals surface area contributed by atoms with Crippen LogP contribution < -0.4 is 20.5 Å². The van der Waals surface area contributed by atoms with Gasteiger partial charge < -0.3 is 30.7 Å². The number of amides is 1. The van der Waals surface area contributed by atoms with E-state index in [4.69, 9.17) is 15.2 Å². The number of aryl methyl sites for hydroxylation is 6. The Morgan fingerprint density at radius 3 is 1.15 bits per heavy atom. The molecule has 0 saturated carbocycles. The zero-order chi connectivity index (χ0) is 41.4. The van der Waals surface area contributed by atoms with Crippen LogP contribution in [0.3, 0.4) is 0 Å². The normalized spacial score (nSPS) is 9.06. The van der Waals surface area contributed by atoms with E-state index < -0.39 is 0 Å². The first kappa shape index (κ1) is 52.9. The molecule has 0 fully saturated rings. The summed E-state index contributed by atoms with van der Waals surface area (Å²) >= 11 is 0. The molecular weight excluding hydrogens is 661 g/mol. The number of phenolic OH excluding ortho intramolecular Hbond substituents is 2. The molecule has 0 radical (unpaired) electrons. The number of phenols is 2. The van der Waals surface area contributed by atoms with Crippen molar-refractivity contribution >= 4 is 5.91 Å². The lowest BCUT2D eigenvalue weighted by molar-refractivity contribution is -0.118. The third-order valence-corrected chi connectivity index (χ3v) is 6.84. The van der Waals surface area contributed by atoms with Gasteiger partial charge in [-0.05, 0) is 142 Å². The molecule has 0 heterocycles. The summed E-state index contributed by atoms with van der Waals surface area (Å²) in [5, 5.41) is 21.4. The van der Waals surface area contributed by atoms with Crippen molar-refractivity contribution in [1.82, 2.24) is 5.32 Å². The van der Waals surface area contributed by atoms with Gasteiger partial charge in [0.2, 0.25) is 5.91 Å². The van der Waals surface area contributed by atoms with Crippen LogP contribution in [0.1, 0.15) is 122 Å². The quantitative estimate of drug-likeness (QED) is 0.114. The molecular formula is C46H74N2O5. The number of carbonyl (C=O) groups is 1. The fourth-order valence-corrected chi connectivity index (χ4v) is 4.82. The second-order valence-corrected chi connectivity index (χ2v) is 10.8. The summed E-state index contributed by atoms with van der Waals surface area (Å²) in [5.41, 5.74) is 12.5. The summed E-state index contributed by atoms with van der Waals surface area (Å²) in [6.07, 6.45) is 3.83. The van der Waals surface area contributed by atoms with Crippen molar-refractivity contribution in [3.63, 3.8) is 0 Å². The number of nitrogens with two attached hydrogens (primary N) is 1. The minimum atomic E-state index is 0.00927. The van der Waals surface area contributed by atoms with E-state index in [1.807, 2.05) is 83.1 Å². The Balaban J connectivity index is -0.000000767. The molecule has 0 bridgehead atoms. The van der Waals surface area contributed by atoms with E-state index in [0.717, 1.165) is 65.2 Å². The van der Waals surface area contributed by atoms with E-state index in [1.54, 1.807) is 48.5 Å². The number of rotatable bonds is 11. The predicted molar refractivity (Wildman–Crippen MR) is 229 cm³/mol. The highest BCUT2D eigenvalue weighted by atomic mass is 16.5. The van der Waals surface area contributed by atoms with Crippen LogP contribution in [0.25, 0.3) is 0 Å². The van der Waals surface area contributed by atoms with Crippen molar-refractivity contribution in [3.8, 4) is 34.5 Å². The maximum absolute atomic E-state index is 10.9. The molecule has 7 nitrogen and oxygen atoms in total. The van der Waals surface area contributed by atoms with Crippen molar-refractivity contribution < 1.29 is 24.5 Å². The van der Waals surface area contributed by atoms with Gasteiger partial charge in [-0.15, -0.1) is 0 Å². The second-order valence-electron chi connectivity index (χ2n) is 10.8. The number of aromatic hydroxyl groups is 2. The van der Waals surface area contributed by atoms with E-state index >= 15 is 0 Å². The zero-order valence-electron chi connectivity index (χ0n) is 35.9. The van der Waals surface area contributed by atoms with Crippen LogP contribution >= 0.6 is 0 Å². The molecule has 0 spiro atoms. The van der Waals surface area contributed by atoms with Crippen molar-refractivity contribution in [1.29, 1.82) is 0 Å². The van der Waals surface area contributed by atoms with Gasteiger partial charge in [0.25, 0.3) is 0 Å². The monoisotopic (exact) mass is 735 g/mol. The maximum Gasteiger partial charge on any atom is 0.216 e. The van der Waals surface area contributed by atoms with Crippen LogP contribution in [-0.2, 0) is 17.6 Å². The minimum absolute atomic E-state index is 0.00927. The van der Waals surface area contributed by atoms with Gasteiger partial charge in [0, 0.05) is 13.5 Å². The fourth-order valence-electron chi connectivity index (χ4n) is 4.82. The number of hydrogen-bond donors (Lipinski definition) is 4. The number of benzene rings is 4. The Labute approximate surface area is 324 Å². The first-order chi connectivity index (χ1) is 25.5. The van der Waals surface area contributed by atoms with Gasteiger partial charge in [-0.3, -0.25) is 4.79 Å². The van der Waals surface area contributed by atoms with Crippen molar-refractivity contribution in [2.24, 2.45) is 5.73 Å². The van der Waals surface area contributed by atoms with Gasteiger partial charge in [0.15, 0.2) is 0 Å². The number of carbonyl (C=O) groups excluding carboxylic acids is 1. The summed E-state index contributed by atoms with van der Waals surface area (Å²) in [4.78, 5) is 10.9. The van der Waals surface area contributed by atoms with Gasteiger partial charge in [-0.25, -0.2) is 0 Å². The largest absolute Gasteiger partial charge is 0.508 e. The molecule has 0 atom stereocenters. The lowest BCUT2D eigenvalue weighted by Gasteiger charge is -2.14. The molecule has 5 N–H and O–H groups in total. The third kappa shape index (κ3) is 22.2. The number of nitrogens with one attached hydrogen (secondary N) is 1. The van der Waals surface area contributed by atoms with Crippen LogP contribution in [0.2, 0.25) is 0 Å². The highest BCUT2D eigenvalue weighted by Crippen LogP contribution is 2.32. The zero-order valence-corrected chi connectivity index (χ0v) is 35.9. The Kier molecular flexibility index (Phi) is 33.3. The van der Waals surface area contributed by atoms with E-state index in [1.165, 1.54) is 18.1 Å². The van der Waals surface area contributed by atoms with E-state index in [0.29, 0.717) is 18.8 Å². The average Bonchev–Trinajstić information content (AvgIpc) is 3.18. The molecule has 0 aliphatic heterocycles. The van der Waals surface area contributed by atoms with Crippen LogP contribution in [0.5, 0.6) is 34.5 Å². The highest BCUT2D eigenvalue weighted by Gasteiger charge is 2.09. The van der Waals surface area contributed by atoms with Crippen LogP contribution in [-0.4, -0.2) is 29.2 Å². The van der Waals surface area contributed by atoms with Crippen LogP contribution in [0, 0.1) is 27.7 Å². The van der Waals surface area contributed by atoms with Crippen molar-refractivity contribution in [2.45, 2.75) is 130 Å². The van der Waals surface area contributed by atoms with E-state index in [2.05, 4.69) is 43.4 Å². The number of ether oxygens (including phenoxy) is 2. The van der Waals surface area contributed by atoms with Gasteiger partial charge in [-0.1, -0.05) is 93.5 Å². The summed E-state index contributed by atoms with van der Waals surface area (Å²) in [7, 11) is 0. The Morgan fingerprint density at radius 1 is 0.566 bits per heavy atom. The second kappa shape index (κ2) is 33.4. The Hall–Kier alpha value is -4.49. The van der Waals surface area contributed by atoms with Gasteiger partial charge in [0.05, 0.1) is 0 Å². The Bertz CT molecular complexity index is 1440. The SMILES string of the molecule is CC.CC.CC.CC.CC.CC(=O)NCCCc1cc(C)c(Oc2ccc(O)cc2)c(C)c1.Cc1cc(CCCN)cc(C)c1Oc1ccc(O)cc1. The fraction of sp³-hybridized carbons (Fsp3) is 0.457. The molecule has 0 aliphatic rings. The average molecular weight is 735 g/mol. The number of hydrogen-bond acceptors (Lipinski definition) is 6. The predicted octanol–water partition coefficient (Wildman–Crippen LogP) is 12.7. The lowest BCUT2D eigenvalue weighted by atomic mass is 10.0. The molecule has 53 heavy (non-hydrogen) atoms. The first-order valence-electron chi connectivity index (χ1n) is 19.6. The molecule has 0 unspecified atom stereocenters. The molecule has 0 saturated heterocycles.